The van der Waals surface area contributed by atoms with Crippen LogP contribution in [-0.2, 0) is 0 Å². The maximum atomic E-state index is 13.4. The van der Waals surface area contributed by atoms with Crippen molar-refractivity contribution in [1.82, 2.24) is 4.98 Å². The van der Waals surface area contributed by atoms with Crippen molar-refractivity contribution in [3.05, 3.63) is 34.3 Å². The molecule has 0 unspecified atom stereocenters. The van der Waals surface area contributed by atoms with Crippen LogP contribution in [-0.4, -0.2) is 4.98 Å². The molecule has 1 heterocycles. The van der Waals surface area contributed by atoms with Crippen LogP contribution in [0.15, 0.2) is 22.7 Å². The molecule has 0 spiro atoms. The summed E-state index contributed by atoms with van der Waals surface area (Å²) in [6, 6.07) is 4.22. The molecule has 0 bridgehead atoms. The number of benzene rings is 1. The van der Waals surface area contributed by atoms with Crippen molar-refractivity contribution < 1.29 is 8.78 Å². The zero-order valence-electron chi connectivity index (χ0n) is 6.89. The van der Waals surface area contributed by atoms with Gasteiger partial charge in [-0.05, 0) is 28.1 Å². The Kier molecular flexibility index (Phi) is 2.11. The molecule has 0 saturated heterocycles. The highest BCUT2D eigenvalue weighted by Gasteiger charge is 2.09. The van der Waals surface area contributed by atoms with Gasteiger partial charge >= 0.3 is 0 Å². The monoisotopic (exact) mass is 258 g/mol. The molecule has 0 saturated carbocycles. The van der Waals surface area contributed by atoms with E-state index in [0.29, 0.717) is 5.39 Å². The van der Waals surface area contributed by atoms with Gasteiger partial charge < -0.3 is 5.73 Å². The average Bonchev–Trinajstić information content (AvgIpc) is 2.15. The topological polar surface area (TPSA) is 38.9 Å². The molecule has 0 fully saturated rings. The first-order valence-corrected chi connectivity index (χ1v) is 4.58. The normalized spacial score (nSPS) is 10.8. The van der Waals surface area contributed by atoms with E-state index in [-0.39, 0.29) is 15.8 Å². The minimum Gasteiger partial charge on any atom is -0.381 e. The number of halogens is 3. The largest absolute Gasteiger partial charge is 0.381 e. The molecule has 5 heteroatoms. The van der Waals surface area contributed by atoms with Crippen molar-refractivity contribution in [3.63, 3.8) is 0 Å². The highest BCUT2D eigenvalue weighted by molar-refractivity contribution is 9.10. The molecule has 0 atom stereocenters. The van der Waals surface area contributed by atoms with Gasteiger partial charge in [-0.1, -0.05) is 6.07 Å². The van der Waals surface area contributed by atoms with E-state index < -0.39 is 11.6 Å². The SMILES string of the molecule is Nc1nc2c(F)c(Br)ccc2cc1F. The average molecular weight is 259 g/mol. The molecule has 0 radical (unpaired) electrons. The third-order valence-electron chi connectivity index (χ3n) is 1.86. The van der Waals surface area contributed by atoms with E-state index in [1.807, 2.05) is 0 Å². The predicted molar refractivity (Wildman–Crippen MR) is 53.8 cm³/mol. The molecule has 0 aliphatic heterocycles. The standard InChI is InChI=1S/C9H5BrF2N2/c10-5-2-1-4-3-6(11)9(13)14-8(4)7(5)12/h1-3H,(H2,13,14). The van der Waals surface area contributed by atoms with Gasteiger partial charge in [-0.2, -0.15) is 0 Å². The number of hydrogen-bond acceptors (Lipinski definition) is 2. The molecule has 14 heavy (non-hydrogen) atoms. The Morgan fingerprint density at radius 1 is 1.29 bits per heavy atom. The fourth-order valence-electron chi connectivity index (χ4n) is 1.17. The highest BCUT2D eigenvalue weighted by Crippen LogP contribution is 2.25. The molecule has 0 aliphatic carbocycles. The quantitative estimate of drug-likeness (QED) is 0.790. The molecule has 72 valence electrons. The Bertz CT molecular complexity index is 514. The summed E-state index contributed by atoms with van der Waals surface area (Å²) in [6.07, 6.45) is 0. The van der Waals surface area contributed by atoms with Crippen LogP contribution >= 0.6 is 15.9 Å². The molecule has 1 aromatic carbocycles. The lowest BCUT2D eigenvalue weighted by Crippen LogP contribution is -1.96. The van der Waals surface area contributed by atoms with E-state index in [0.717, 1.165) is 6.07 Å². The van der Waals surface area contributed by atoms with Crippen molar-refractivity contribution in [1.29, 1.82) is 0 Å². The summed E-state index contributed by atoms with van der Waals surface area (Å²) >= 11 is 3.01. The van der Waals surface area contributed by atoms with Crippen LogP contribution in [0.2, 0.25) is 0 Å². The molecule has 2 aromatic rings. The van der Waals surface area contributed by atoms with E-state index in [1.54, 1.807) is 6.07 Å². The van der Waals surface area contributed by atoms with Gasteiger partial charge in [0.1, 0.15) is 5.52 Å². The van der Waals surface area contributed by atoms with Crippen molar-refractivity contribution in [2.45, 2.75) is 0 Å². The maximum absolute atomic E-state index is 13.4. The first-order valence-electron chi connectivity index (χ1n) is 3.79. The Morgan fingerprint density at radius 3 is 2.71 bits per heavy atom. The summed E-state index contributed by atoms with van der Waals surface area (Å²) in [6.45, 7) is 0. The fraction of sp³-hybridized carbons (Fsp3) is 0. The molecule has 0 aliphatic rings. The second-order valence-electron chi connectivity index (χ2n) is 2.79. The number of nitrogen functional groups attached to an aromatic ring is 1. The van der Waals surface area contributed by atoms with Crippen molar-refractivity contribution >= 4 is 32.7 Å². The lowest BCUT2D eigenvalue weighted by Gasteiger charge is -2.02. The fourth-order valence-corrected chi connectivity index (χ4v) is 1.49. The van der Waals surface area contributed by atoms with Crippen LogP contribution in [0, 0.1) is 11.6 Å². The summed E-state index contributed by atoms with van der Waals surface area (Å²) in [5, 5.41) is 0.386. The third-order valence-corrected chi connectivity index (χ3v) is 2.47. The highest BCUT2D eigenvalue weighted by atomic mass is 79.9. The second-order valence-corrected chi connectivity index (χ2v) is 3.64. The van der Waals surface area contributed by atoms with Gasteiger partial charge in [0.15, 0.2) is 17.5 Å². The number of hydrogen-bond donors (Lipinski definition) is 1. The minimum absolute atomic E-state index is 0.0678. The van der Waals surface area contributed by atoms with Crippen LogP contribution in [0.5, 0.6) is 0 Å². The number of pyridine rings is 1. The summed E-state index contributed by atoms with van der Waals surface area (Å²) in [7, 11) is 0. The zero-order chi connectivity index (χ0) is 10.3. The maximum Gasteiger partial charge on any atom is 0.165 e. The van der Waals surface area contributed by atoms with Crippen LogP contribution in [0.4, 0.5) is 14.6 Å². The minimum atomic E-state index is -0.640. The lowest BCUT2D eigenvalue weighted by atomic mass is 10.2. The number of anilines is 1. The van der Waals surface area contributed by atoms with Crippen LogP contribution in [0.1, 0.15) is 0 Å². The molecule has 1 aromatic heterocycles. The van der Waals surface area contributed by atoms with Gasteiger partial charge in [0.2, 0.25) is 0 Å². The summed E-state index contributed by atoms with van der Waals surface area (Å²) in [5.41, 5.74) is 5.30. The van der Waals surface area contributed by atoms with Gasteiger partial charge in [0.25, 0.3) is 0 Å². The van der Waals surface area contributed by atoms with E-state index in [2.05, 4.69) is 20.9 Å². The van der Waals surface area contributed by atoms with Crippen LogP contribution < -0.4 is 5.73 Å². The van der Waals surface area contributed by atoms with E-state index in [1.165, 1.54) is 6.07 Å². The molecule has 0 amide bonds. The number of nitrogens with zero attached hydrogens (tertiary/aromatic N) is 1. The first-order chi connectivity index (χ1) is 6.59. The first kappa shape index (κ1) is 9.33. The van der Waals surface area contributed by atoms with Gasteiger partial charge in [-0.3, -0.25) is 0 Å². The van der Waals surface area contributed by atoms with Crippen molar-refractivity contribution in [3.8, 4) is 0 Å². The summed E-state index contributed by atoms with van der Waals surface area (Å²) in [5.74, 6) is -1.47. The predicted octanol–water partition coefficient (Wildman–Crippen LogP) is 2.86. The van der Waals surface area contributed by atoms with Gasteiger partial charge in [0.05, 0.1) is 4.47 Å². The Labute approximate surface area is 86.9 Å². The van der Waals surface area contributed by atoms with Gasteiger partial charge in [-0.25, -0.2) is 13.8 Å². The molecule has 2 nitrogen and oxygen atoms in total. The number of fused-ring (bicyclic) bond motifs is 1. The summed E-state index contributed by atoms with van der Waals surface area (Å²) in [4.78, 5) is 3.63. The second kappa shape index (κ2) is 3.16. The van der Waals surface area contributed by atoms with Crippen molar-refractivity contribution in [2.24, 2.45) is 0 Å². The van der Waals surface area contributed by atoms with E-state index in [9.17, 15) is 8.78 Å². The number of nitrogens with two attached hydrogens (primary N) is 1. The van der Waals surface area contributed by atoms with E-state index in [4.69, 9.17) is 5.73 Å². The van der Waals surface area contributed by atoms with Crippen LogP contribution in [0.25, 0.3) is 10.9 Å². The smallest absolute Gasteiger partial charge is 0.165 e. The molecule has 2 N–H and O–H groups in total. The number of aromatic nitrogens is 1. The Hall–Kier alpha value is -1.23. The molecular weight excluding hydrogens is 254 g/mol. The Balaban J connectivity index is 2.89. The molecular formula is C9H5BrF2N2. The summed E-state index contributed by atoms with van der Waals surface area (Å²) < 4.78 is 26.7. The Morgan fingerprint density at radius 2 is 2.00 bits per heavy atom. The van der Waals surface area contributed by atoms with Crippen LogP contribution in [0.3, 0.4) is 0 Å². The number of rotatable bonds is 0. The van der Waals surface area contributed by atoms with Gasteiger partial charge in [-0.15, -0.1) is 0 Å². The third kappa shape index (κ3) is 1.33. The van der Waals surface area contributed by atoms with E-state index >= 15 is 0 Å². The van der Waals surface area contributed by atoms with Crippen molar-refractivity contribution in [2.75, 3.05) is 5.73 Å². The zero-order valence-corrected chi connectivity index (χ0v) is 8.48. The van der Waals surface area contributed by atoms with Gasteiger partial charge in [0, 0.05) is 5.39 Å². The molecule has 2 rings (SSSR count). The lowest BCUT2D eigenvalue weighted by molar-refractivity contribution is 0.621.